The topological polar surface area (TPSA) is 64.6 Å². The Morgan fingerprint density at radius 3 is 2.68 bits per heavy atom. The number of hydrogen-bond donors (Lipinski definition) is 1. The SMILES string of the molecule is C=CCONC(CC)=C1C(=O)OC(CC)=C(Br)C1=O. The number of nitrogens with one attached hydrogen (secondary N) is 1. The van der Waals surface area contributed by atoms with Gasteiger partial charge in [-0.2, -0.15) is 0 Å². The molecule has 0 aliphatic carbocycles. The molecular formula is C13H16BrNO4. The summed E-state index contributed by atoms with van der Waals surface area (Å²) in [6, 6.07) is 0. The number of halogens is 1. The number of hydroxylamine groups is 1. The summed E-state index contributed by atoms with van der Waals surface area (Å²) < 4.78 is 5.40. The Morgan fingerprint density at radius 1 is 1.47 bits per heavy atom. The van der Waals surface area contributed by atoms with Crippen LogP contribution in [0.4, 0.5) is 0 Å². The van der Waals surface area contributed by atoms with Crippen molar-refractivity contribution in [2.24, 2.45) is 0 Å². The lowest BCUT2D eigenvalue weighted by Crippen LogP contribution is -2.28. The Labute approximate surface area is 120 Å². The van der Waals surface area contributed by atoms with Crippen LogP contribution in [-0.2, 0) is 19.2 Å². The smallest absolute Gasteiger partial charge is 0.349 e. The minimum Gasteiger partial charge on any atom is -0.426 e. The van der Waals surface area contributed by atoms with E-state index in [0.29, 0.717) is 24.3 Å². The van der Waals surface area contributed by atoms with Gasteiger partial charge >= 0.3 is 5.97 Å². The predicted molar refractivity (Wildman–Crippen MR) is 73.9 cm³/mol. The van der Waals surface area contributed by atoms with Gasteiger partial charge in [0.25, 0.3) is 0 Å². The maximum absolute atomic E-state index is 12.2. The van der Waals surface area contributed by atoms with E-state index in [1.165, 1.54) is 0 Å². The zero-order valence-electron chi connectivity index (χ0n) is 10.9. The van der Waals surface area contributed by atoms with Gasteiger partial charge in [0.2, 0.25) is 5.78 Å². The first-order valence-electron chi connectivity index (χ1n) is 5.94. The fourth-order valence-electron chi connectivity index (χ4n) is 1.51. The number of ketones is 1. The highest BCUT2D eigenvalue weighted by Crippen LogP contribution is 2.29. The van der Waals surface area contributed by atoms with Crippen LogP contribution in [-0.4, -0.2) is 18.4 Å². The molecule has 0 saturated carbocycles. The molecule has 0 spiro atoms. The van der Waals surface area contributed by atoms with E-state index >= 15 is 0 Å². The Balaban J connectivity index is 3.09. The molecule has 0 amide bonds. The Hall–Kier alpha value is -1.40. The molecule has 1 N–H and O–H groups in total. The van der Waals surface area contributed by atoms with Crippen LogP contribution in [0.2, 0.25) is 0 Å². The first kappa shape index (κ1) is 15.7. The molecule has 5 nitrogen and oxygen atoms in total. The highest BCUT2D eigenvalue weighted by molar-refractivity contribution is 9.12. The number of rotatable bonds is 6. The van der Waals surface area contributed by atoms with Gasteiger partial charge in [0, 0.05) is 6.42 Å². The fraction of sp³-hybridized carbons (Fsp3) is 0.385. The van der Waals surface area contributed by atoms with Crippen LogP contribution in [0.5, 0.6) is 0 Å². The average Bonchev–Trinajstić information content (AvgIpc) is 2.41. The van der Waals surface area contributed by atoms with Crippen molar-refractivity contribution in [1.82, 2.24) is 5.48 Å². The van der Waals surface area contributed by atoms with Gasteiger partial charge in [-0.3, -0.25) is 15.1 Å². The van der Waals surface area contributed by atoms with E-state index in [1.807, 2.05) is 0 Å². The summed E-state index contributed by atoms with van der Waals surface area (Å²) in [5.41, 5.74) is 2.96. The van der Waals surface area contributed by atoms with Crippen LogP contribution in [0.15, 0.2) is 34.2 Å². The number of esters is 1. The van der Waals surface area contributed by atoms with Crippen molar-refractivity contribution in [3.05, 3.63) is 34.2 Å². The van der Waals surface area contributed by atoms with Crippen LogP contribution in [0.3, 0.4) is 0 Å². The summed E-state index contributed by atoms with van der Waals surface area (Å²) in [5, 5.41) is 0. The summed E-state index contributed by atoms with van der Waals surface area (Å²) >= 11 is 3.16. The largest absolute Gasteiger partial charge is 0.426 e. The third kappa shape index (κ3) is 3.54. The van der Waals surface area contributed by atoms with Crippen LogP contribution in [0.1, 0.15) is 26.7 Å². The van der Waals surface area contributed by atoms with Crippen molar-refractivity contribution in [2.45, 2.75) is 26.7 Å². The number of carbonyl (C=O) groups excluding carboxylic acids is 2. The molecule has 0 radical (unpaired) electrons. The molecule has 0 unspecified atom stereocenters. The van der Waals surface area contributed by atoms with Crippen molar-refractivity contribution >= 4 is 27.7 Å². The second-order valence-corrected chi connectivity index (χ2v) is 4.51. The Kier molecular flexibility index (Phi) is 5.98. The molecule has 6 heteroatoms. The zero-order valence-corrected chi connectivity index (χ0v) is 12.5. The maximum atomic E-state index is 12.2. The lowest BCUT2D eigenvalue weighted by Gasteiger charge is -2.19. The molecule has 1 aliphatic rings. The molecule has 1 aliphatic heterocycles. The molecule has 1 rings (SSSR count). The van der Waals surface area contributed by atoms with E-state index in [9.17, 15) is 9.59 Å². The number of carbonyl (C=O) groups is 2. The van der Waals surface area contributed by atoms with E-state index < -0.39 is 5.97 Å². The fourth-order valence-corrected chi connectivity index (χ4v) is 2.07. The predicted octanol–water partition coefficient (Wildman–Crippen LogP) is 2.50. The number of hydrogen-bond acceptors (Lipinski definition) is 5. The second-order valence-electron chi connectivity index (χ2n) is 3.72. The highest BCUT2D eigenvalue weighted by Gasteiger charge is 2.33. The van der Waals surface area contributed by atoms with Gasteiger partial charge in [0.15, 0.2) is 0 Å². The van der Waals surface area contributed by atoms with Gasteiger partial charge in [-0.25, -0.2) is 4.79 Å². The van der Waals surface area contributed by atoms with Crippen LogP contribution in [0.25, 0.3) is 0 Å². The summed E-state index contributed by atoms with van der Waals surface area (Å²) in [5.74, 6) is -0.697. The zero-order chi connectivity index (χ0) is 14.4. The summed E-state index contributed by atoms with van der Waals surface area (Å²) in [7, 11) is 0. The van der Waals surface area contributed by atoms with E-state index in [2.05, 4.69) is 28.0 Å². The van der Waals surface area contributed by atoms with Crippen molar-refractivity contribution in [1.29, 1.82) is 0 Å². The summed E-state index contributed by atoms with van der Waals surface area (Å²) in [4.78, 5) is 29.1. The summed E-state index contributed by atoms with van der Waals surface area (Å²) in [6.07, 6.45) is 2.46. The highest BCUT2D eigenvalue weighted by atomic mass is 79.9. The standard InChI is InChI=1S/C13H16BrNO4/c1-4-7-18-15-8(5-2)10-12(16)11(14)9(6-3)19-13(10)17/h4,15H,1,5-7H2,2-3H3. The maximum Gasteiger partial charge on any atom is 0.349 e. The minimum atomic E-state index is -0.656. The molecule has 0 fully saturated rings. The van der Waals surface area contributed by atoms with E-state index in [4.69, 9.17) is 9.57 Å². The van der Waals surface area contributed by atoms with Gasteiger partial charge in [0.05, 0.1) is 12.3 Å². The van der Waals surface area contributed by atoms with E-state index in [0.717, 1.165) is 0 Å². The van der Waals surface area contributed by atoms with E-state index in [-0.39, 0.29) is 22.4 Å². The number of Topliss-reactive ketones (excluding diaryl/α,β-unsaturated/α-hetero) is 1. The normalized spacial score (nSPS) is 18.3. The van der Waals surface area contributed by atoms with Crippen molar-refractivity contribution in [3.8, 4) is 0 Å². The molecule has 0 aromatic carbocycles. The first-order valence-corrected chi connectivity index (χ1v) is 6.73. The van der Waals surface area contributed by atoms with Gasteiger partial charge in [0.1, 0.15) is 15.8 Å². The van der Waals surface area contributed by atoms with Crippen LogP contribution in [0, 0.1) is 0 Å². The second kappa shape index (κ2) is 7.25. The number of ether oxygens (including phenoxy) is 1. The molecule has 104 valence electrons. The molecule has 1 heterocycles. The third-order valence-corrected chi connectivity index (χ3v) is 3.27. The monoisotopic (exact) mass is 329 g/mol. The molecule has 0 aromatic heterocycles. The number of allylic oxidation sites excluding steroid dienone is 3. The number of cyclic esters (lactones) is 1. The van der Waals surface area contributed by atoms with Gasteiger partial charge in [-0.05, 0) is 22.4 Å². The van der Waals surface area contributed by atoms with Crippen LogP contribution < -0.4 is 5.48 Å². The molecule has 0 atom stereocenters. The van der Waals surface area contributed by atoms with Gasteiger partial charge < -0.3 is 4.74 Å². The van der Waals surface area contributed by atoms with Crippen molar-refractivity contribution < 1.29 is 19.2 Å². The molecule has 0 saturated heterocycles. The van der Waals surface area contributed by atoms with Gasteiger partial charge in [-0.1, -0.05) is 19.9 Å². The Morgan fingerprint density at radius 2 is 2.16 bits per heavy atom. The Bertz CT molecular complexity index is 465. The molecular weight excluding hydrogens is 314 g/mol. The molecule has 19 heavy (non-hydrogen) atoms. The van der Waals surface area contributed by atoms with Crippen molar-refractivity contribution in [2.75, 3.05) is 6.61 Å². The first-order chi connectivity index (χ1) is 9.06. The quantitative estimate of drug-likeness (QED) is 0.202. The summed E-state index contributed by atoms with van der Waals surface area (Å²) in [6.45, 7) is 7.37. The molecule has 0 aromatic rings. The minimum absolute atomic E-state index is 0.0318. The third-order valence-electron chi connectivity index (χ3n) is 2.46. The lowest BCUT2D eigenvalue weighted by atomic mass is 10.0. The van der Waals surface area contributed by atoms with Crippen LogP contribution >= 0.6 is 15.9 Å². The van der Waals surface area contributed by atoms with Gasteiger partial charge in [-0.15, -0.1) is 6.58 Å². The van der Waals surface area contributed by atoms with E-state index in [1.54, 1.807) is 19.9 Å². The molecule has 0 bridgehead atoms. The van der Waals surface area contributed by atoms with Crippen molar-refractivity contribution in [3.63, 3.8) is 0 Å². The lowest BCUT2D eigenvalue weighted by molar-refractivity contribution is -0.138. The average molecular weight is 330 g/mol.